The van der Waals surface area contributed by atoms with Crippen molar-refractivity contribution >= 4 is 49.8 Å². The summed E-state index contributed by atoms with van der Waals surface area (Å²) in [6, 6.07) is 75.9. The van der Waals surface area contributed by atoms with Crippen LogP contribution in [0.2, 0.25) is 0 Å². The van der Waals surface area contributed by atoms with Crippen molar-refractivity contribution in [3.63, 3.8) is 0 Å². The van der Waals surface area contributed by atoms with E-state index in [2.05, 4.69) is 175 Å². The number of nitrogens with zero attached hydrogens (tertiary/aromatic N) is 4. The van der Waals surface area contributed by atoms with Crippen molar-refractivity contribution in [1.82, 2.24) is 15.0 Å². The first-order chi connectivity index (χ1) is 29.7. The molecule has 0 N–H and O–H groups in total. The molecule has 0 unspecified atom stereocenters. The van der Waals surface area contributed by atoms with Crippen molar-refractivity contribution in [3.05, 3.63) is 218 Å². The molecule has 0 atom stereocenters. The zero-order valence-electron chi connectivity index (χ0n) is 32.5. The van der Waals surface area contributed by atoms with E-state index in [-0.39, 0.29) is 0 Å². The first-order valence-electron chi connectivity index (χ1n) is 20.1. The van der Waals surface area contributed by atoms with Crippen molar-refractivity contribution in [3.8, 4) is 56.4 Å². The van der Waals surface area contributed by atoms with Gasteiger partial charge in [-0.05, 0) is 99.8 Å². The number of fused-ring (bicyclic) bond motifs is 4. The normalized spacial score (nSPS) is 11.3. The van der Waals surface area contributed by atoms with Crippen LogP contribution in [0.5, 0.6) is 0 Å². The van der Waals surface area contributed by atoms with E-state index in [0.29, 0.717) is 17.5 Å². The summed E-state index contributed by atoms with van der Waals surface area (Å²) in [5.74, 6) is 1.85. The van der Waals surface area contributed by atoms with E-state index < -0.39 is 0 Å². The van der Waals surface area contributed by atoms with Crippen LogP contribution in [0, 0.1) is 0 Å². The van der Waals surface area contributed by atoms with Crippen LogP contribution < -0.4 is 4.90 Å². The topological polar surface area (TPSA) is 55.1 Å². The Morgan fingerprint density at radius 3 is 1.48 bits per heavy atom. The smallest absolute Gasteiger partial charge is 0.164 e. The van der Waals surface area contributed by atoms with Gasteiger partial charge in [-0.3, -0.25) is 0 Å². The van der Waals surface area contributed by atoms with Crippen LogP contribution in [0.25, 0.3) is 89.1 Å². The Balaban J connectivity index is 0.932. The predicted molar refractivity (Wildman–Crippen MR) is 246 cm³/mol. The molecule has 0 aliphatic carbocycles. The minimum Gasteiger partial charge on any atom is -0.456 e. The van der Waals surface area contributed by atoms with Gasteiger partial charge in [0.15, 0.2) is 17.5 Å². The molecule has 0 saturated heterocycles. The van der Waals surface area contributed by atoms with Gasteiger partial charge in [0.25, 0.3) is 0 Å². The molecule has 2 heterocycles. The Morgan fingerprint density at radius 1 is 0.283 bits per heavy atom. The van der Waals surface area contributed by atoms with Gasteiger partial charge in [0.05, 0.1) is 0 Å². The van der Waals surface area contributed by atoms with Crippen LogP contribution in [-0.2, 0) is 0 Å². The molecule has 0 bridgehead atoms. The molecule has 0 amide bonds. The standard InChI is InChI=1S/C55H36N4O/c1-4-12-37(13-5-1)39-20-22-42(23-21-39)54-56-53(41-15-6-2-7-16-41)57-55(58-54)45-28-33-51-50(35-45)49-32-27-44(36-52(49)60-51)40-24-29-47(30-25-40)59(46-18-8-3-9-19-46)48-31-26-38-14-10-11-17-43(38)34-48/h1-36H. The average Bonchev–Trinajstić information content (AvgIpc) is 3.70. The Kier molecular flexibility index (Phi) is 8.75. The third kappa shape index (κ3) is 6.64. The minimum atomic E-state index is 0.604. The second-order valence-electron chi connectivity index (χ2n) is 14.9. The second-order valence-corrected chi connectivity index (χ2v) is 14.9. The number of hydrogen-bond acceptors (Lipinski definition) is 5. The quantitative estimate of drug-likeness (QED) is 0.154. The lowest BCUT2D eigenvalue weighted by Crippen LogP contribution is -2.09. The Hall–Kier alpha value is -8.15. The summed E-state index contributed by atoms with van der Waals surface area (Å²) in [7, 11) is 0. The van der Waals surface area contributed by atoms with Crippen molar-refractivity contribution in [2.24, 2.45) is 0 Å². The maximum atomic E-state index is 6.49. The molecule has 60 heavy (non-hydrogen) atoms. The van der Waals surface area contributed by atoms with Gasteiger partial charge < -0.3 is 9.32 Å². The molecule has 2 aromatic heterocycles. The number of aromatic nitrogens is 3. The van der Waals surface area contributed by atoms with Crippen LogP contribution in [0.1, 0.15) is 0 Å². The minimum absolute atomic E-state index is 0.604. The lowest BCUT2D eigenvalue weighted by molar-refractivity contribution is 0.669. The Labute approximate surface area is 347 Å². The zero-order chi connectivity index (χ0) is 39.8. The van der Waals surface area contributed by atoms with Crippen LogP contribution in [0.3, 0.4) is 0 Å². The largest absolute Gasteiger partial charge is 0.456 e. The highest BCUT2D eigenvalue weighted by molar-refractivity contribution is 6.07. The van der Waals surface area contributed by atoms with Crippen molar-refractivity contribution in [1.29, 1.82) is 0 Å². The van der Waals surface area contributed by atoms with E-state index in [1.807, 2.05) is 48.5 Å². The molecule has 0 aliphatic rings. The molecule has 5 heteroatoms. The van der Waals surface area contributed by atoms with Gasteiger partial charge in [0, 0.05) is 44.5 Å². The molecular weight excluding hydrogens is 733 g/mol. The predicted octanol–water partition coefficient (Wildman–Crippen LogP) is 14.7. The van der Waals surface area contributed by atoms with Gasteiger partial charge in [-0.25, -0.2) is 15.0 Å². The number of hydrogen-bond donors (Lipinski definition) is 0. The van der Waals surface area contributed by atoms with Crippen molar-refractivity contribution in [2.75, 3.05) is 4.90 Å². The zero-order valence-corrected chi connectivity index (χ0v) is 32.5. The summed E-state index contributed by atoms with van der Waals surface area (Å²) >= 11 is 0. The molecule has 0 fully saturated rings. The third-order valence-electron chi connectivity index (χ3n) is 11.1. The summed E-state index contributed by atoms with van der Waals surface area (Å²) in [6.07, 6.45) is 0. The van der Waals surface area contributed by atoms with E-state index in [4.69, 9.17) is 19.4 Å². The molecule has 282 valence electrons. The fourth-order valence-corrected chi connectivity index (χ4v) is 8.03. The average molecular weight is 769 g/mol. The summed E-state index contributed by atoms with van der Waals surface area (Å²) in [5.41, 5.74) is 12.2. The van der Waals surface area contributed by atoms with E-state index in [0.717, 1.165) is 72.4 Å². The molecular formula is C55H36N4O. The molecule has 0 radical (unpaired) electrons. The van der Waals surface area contributed by atoms with E-state index in [1.54, 1.807) is 0 Å². The van der Waals surface area contributed by atoms with Crippen LogP contribution in [0.4, 0.5) is 17.1 Å². The maximum Gasteiger partial charge on any atom is 0.164 e. The molecule has 9 aromatic carbocycles. The van der Waals surface area contributed by atoms with Crippen molar-refractivity contribution in [2.45, 2.75) is 0 Å². The maximum absolute atomic E-state index is 6.49. The molecule has 11 aromatic rings. The van der Waals surface area contributed by atoms with Gasteiger partial charge in [-0.15, -0.1) is 0 Å². The van der Waals surface area contributed by atoms with Gasteiger partial charge in [0.1, 0.15) is 11.2 Å². The lowest BCUT2D eigenvalue weighted by Gasteiger charge is -2.26. The highest BCUT2D eigenvalue weighted by atomic mass is 16.3. The third-order valence-corrected chi connectivity index (χ3v) is 11.1. The van der Waals surface area contributed by atoms with Crippen LogP contribution in [0.15, 0.2) is 223 Å². The molecule has 0 saturated carbocycles. The summed E-state index contributed by atoms with van der Waals surface area (Å²) in [6.45, 7) is 0. The van der Waals surface area contributed by atoms with Gasteiger partial charge in [-0.2, -0.15) is 0 Å². The second kappa shape index (κ2) is 15.0. The van der Waals surface area contributed by atoms with Gasteiger partial charge >= 0.3 is 0 Å². The first-order valence-corrected chi connectivity index (χ1v) is 20.1. The Morgan fingerprint density at radius 2 is 0.767 bits per heavy atom. The highest BCUT2D eigenvalue weighted by Gasteiger charge is 2.17. The first kappa shape index (κ1) is 35.0. The monoisotopic (exact) mass is 768 g/mol. The molecule has 0 spiro atoms. The number of benzene rings is 9. The fourth-order valence-electron chi connectivity index (χ4n) is 8.03. The highest BCUT2D eigenvalue weighted by Crippen LogP contribution is 2.39. The summed E-state index contributed by atoms with van der Waals surface area (Å²) in [5, 5.41) is 4.47. The van der Waals surface area contributed by atoms with Crippen LogP contribution in [-0.4, -0.2) is 15.0 Å². The summed E-state index contributed by atoms with van der Waals surface area (Å²) in [4.78, 5) is 17.3. The van der Waals surface area contributed by atoms with Gasteiger partial charge in [0.2, 0.25) is 0 Å². The number of furan rings is 1. The van der Waals surface area contributed by atoms with E-state index in [1.165, 1.54) is 16.3 Å². The Bertz CT molecular complexity index is 3290. The van der Waals surface area contributed by atoms with Gasteiger partial charge in [-0.1, -0.05) is 152 Å². The molecule has 5 nitrogen and oxygen atoms in total. The summed E-state index contributed by atoms with van der Waals surface area (Å²) < 4.78 is 6.49. The molecule has 0 aliphatic heterocycles. The number of rotatable bonds is 8. The molecule has 11 rings (SSSR count). The lowest BCUT2D eigenvalue weighted by atomic mass is 10.0. The van der Waals surface area contributed by atoms with Crippen molar-refractivity contribution < 1.29 is 4.42 Å². The van der Waals surface area contributed by atoms with E-state index in [9.17, 15) is 0 Å². The number of para-hydroxylation sites is 1. The van der Waals surface area contributed by atoms with E-state index >= 15 is 0 Å². The fraction of sp³-hybridized carbons (Fsp3) is 0. The SMILES string of the molecule is c1ccc(-c2ccc(-c3nc(-c4ccccc4)nc(-c4ccc5oc6cc(-c7ccc(N(c8ccccc8)c8ccc9ccccc9c8)cc7)ccc6c5c4)n3)cc2)cc1. The number of anilines is 3. The van der Waals surface area contributed by atoms with Crippen LogP contribution >= 0.6 is 0 Å².